The molecule has 0 aliphatic rings. The normalized spacial score (nSPS) is 10.1. The Labute approximate surface area is 91.5 Å². The summed E-state index contributed by atoms with van der Waals surface area (Å²) < 4.78 is 5.27. The molecule has 0 unspecified atom stereocenters. The third-order valence-corrected chi connectivity index (χ3v) is 2.26. The predicted octanol–water partition coefficient (Wildman–Crippen LogP) is 2.96. The third-order valence-electron chi connectivity index (χ3n) is 2.26. The summed E-state index contributed by atoms with van der Waals surface area (Å²) >= 11 is 0. The Morgan fingerprint density at radius 3 is 2.67 bits per heavy atom. The molecule has 1 aromatic carbocycles. The highest BCUT2D eigenvalue weighted by Gasteiger charge is 2.05. The van der Waals surface area contributed by atoms with E-state index < -0.39 is 0 Å². The molecule has 0 saturated heterocycles. The quantitative estimate of drug-likeness (QED) is 0.753. The molecule has 2 heteroatoms. The van der Waals surface area contributed by atoms with E-state index in [-0.39, 0.29) is 0 Å². The summed E-state index contributed by atoms with van der Waals surface area (Å²) in [5.74, 6) is 1.46. The molecule has 0 aliphatic carbocycles. The molecular formula is C13H17NO. The van der Waals surface area contributed by atoms with Gasteiger partial charge in [-0.15, -0.1) is 0 Å². The minimum Gasteiger partial charge on any atom is -0.496 e. The lowest BCUT2D eigenvalue weighted by atomic mass is 10.0. The monoisotopic (exact) mass is 203 g/mol. The van der Waals surface area contributed by atoms with E-state index in [1.807, 2.05) is 12.1 Å². The number of benzene rings is 1. The van der Waals surface area contributed by atoms with Gasteiger partial charge in [0.05, 0.1) is 19.6 Å². The highest BCUT2D eigenvalue weighted by atomic mass is 16.5. The fraction of sp³-hybridized carbons (Fsp3) is 0.462. The van der Waals surface area contributed by atoms with Crippen LogP contribution in [0.3, 0.4) is 0 Å². The van der Waals surface area contributed by atoms with Gasteiger partial charge in [0.25, 0.3) is 0 Å². The molecule has 0 heterocycles. The first kappa shape index (κ1) is 11.6. The average molecular weight is 203 g/mol. The minimum absolute atomic E-state index is 0.408. The van der Waals surface area contributed by atoms with E-state index in [0.29, 0.717) is 12.3 Å². The SMILES string of the molecule is COc1cc(CC(C)C)ccc1CC#N. The summed E-state index contributed by atoms with van der Waals surface area (Å²) in [6.45, 7) is 4.38. The van der Waals surface area contributed by atoms with Crippen LogP contribution in [0.2, 0.25) is 0 Å². The largest absolute Gasteiger partial charge is 0.496 e. The molecule has 1 aromatic rings. The Bertz CT molecular complexity index is 363. The van der Waals surface area contributed by atoms with Crippen molar-refractivity contribution in [3.8, 4) is 11.8 Å². The topological polar surface area (TPSA) is 33.0 Å². The highest BCUT2D eigenvalue weighted by Crippen LogP contribution is 2.22. The zero-order chi connectivity index (χ0) is 11.3. The van der Waals surface area contributed by atoms with Crippen LogP contribution in [0, 0.1) is 17.2 Å². The fourth-order valence-electron chi connectivity index (χ4n) is 1.62. The van der Waals surface area contributed by atoms with Gasteiger partial charge in [0.2, 0.25) is 0 Å². The third kappa shape index (κ3) is 3.28. The number of methoxy groups -OCH3 is 1. The molecule has 0 atom stereocenters. The maximum absolute atomic E-state index is 8.65. The molecule has 1 rings (SSSR count). The Morgan fingerprint density at radius 1 is 1.40 bits per heavy atom. The van der Waals surface area contributed by atoms with Gasteiger partial charge in [0.1, 0.15) is 5.75 Å². The van der Waals surface area contributed by atoms with Gasteiger partial charge in [0.15, 0.2) is 0 Å². The van der Waals surface area contributed by atoms with Crippen molar-refractivity contribution >= 4 is 0 Å². The van der Waals surface area contributed by atoms with Gasteiger partial charge in [-0.05, 0) is 24.0 Å². The van der Waals surface area contributed by atoms with Crippen LogP contribution in [-0.2, 0) is 12.8 Å². The van der Waals surface area contributed by atoms with Crippen LogP contribution in [0.15, 0.2) is 18.2 Å². The van der Waals surface area contributed by atoms with Crippen LogP contribution in [0.25, 0.3) is 0 Å². The molecular weight excluding hydrogens is 186 g/mol. The smallest absolute Gasteiger partial charge is 0.123 e. The summed E-state index contributed by atoms with van der Waals surface area (Å²) in [6, 6.07) is 8.24. The van der Waals surface area contributed by atoms with Crippen molar-refractivity contribution in [2.45, 2.75) is 26.7 Å². The van der Waals surface area contributed by atoms with Gasteiger partial charge in [-0.1, -0.05) is 26.0 Å². The van der Waals surface area contributed by atoms with Crippen molar-refractivity contribution in [2.75, 3.05) is 7.11 Å². The fourth-order valence-corrected chi connectivity index (χ4v) is 1.62. The summed E-state index contributed by atoms with van der Waals surface area (Å²) in [7, 11) is 1.65. The van der Waals surface area contributed by atoms with Crippen LogP contribution in [0.1, 0.15) is 25.0 Å². The maximum atomic E-state index is 8.65. The molecule has 0 N–H and O–H groups in total. The van der Waals surface area contributed by atoms with E-state index in [0.717, 1.165) is 17.7 Å². The lowest BCUT2D eigenvalue weighted by Crippen LogP contribution is -1.97. The van der Waals surface area contributed by atoms with Crippen molar-refractivity contribution < 1.29 is 4.74 Å². The van der Waals surface area contributed by atoms with Crippen LogP contribution >= 0.6 is 0 Å². The Kier molecular flexibility index (Phi) is 4.17. The van der Waals surface area contributed by atoms with Crippen LogP contribution < -0.4 is 4.74 Å². The number of nitrogens with zero attached hydrogens (tertiary/aromatic N) is 1. The Morgan fingerprint density at radius 2 is 2.13 bits per heavy atom. The van der Waals surface area contributed by atoms with Crippen molar-refractivity contribution in [3.63, 3.8) is 0 Å². The summed E-state index contributed by atoms with van der Waals surface area (Å²) in [4.78, 5) is 0. The molecule has 0 radical (unpaired) electrons. The second-order valence-corrected chi connectivity index (χ2v) is 4.08. The van der Waals surface area contributed by atoms with E-state index in [1.165, 1.54) is 5.56 Å². The van der Waals surface area contributed by atoms with E-state index in [9.17, 15) is 0 Å². The Hall–Kier alpha value is -1.49. The molecule has 80 valence electrons. The molecule has 0 saturated carbocycles. The summed E-state index contributed by atoms with van der Waals surface area (Å²) in [6.07, 6.45) is 1.45. The van der Waals surface area contributed by atoms with E-state index >= 15 is 0 Å². The standard InChI is InChI=1S/C13H17NO/c1-10(2)8-11-4-5-12(6-7-14)13(9-11)15-3/h4-5,9-10H,6,8H2,1-3H3. The highest BCUT2D eigenvalue weighted by molar-refractivity contribution is 5.39. The molecule has 15 heavy (non-hydrogen) atoms. The summed E-state index contributed by atoms with van der Waals surface area (Å²) in [5, 5.41) is 8.65. The molecule has 0 amide bonds. The van der Waals surface area contributed by atoms with E-state index in [4.69, 9.17) is 10.00 Å². The molecule has 2 nitrogen and oxygen atoms in total. The first-order chi connectivity index (χ1) is 7.17. The van der Waals surface area contributed by atoms with Crippen LogP contribution in [-0.4, -0.2) is 7.11 Å². The lowest BCUT2D eigenvalue weighted by molar-refractivity contribution is 0.410. The Balaban J connectivity index is 2.92. The van der Waals surface area contributed by atoms with Crippen molar-refractivity contribution in [1.29, 1.82) is 5.26 Å². The van der Waals surface area contributed by atoms with Crippen LogP contribution in [0.5, 0.6) is 5.75 Å². The molecule has 0 fully saturated rings. The number of hydrogen-bond acceptors (Lipinski definition) is 2. The number of nitriles is 1. The lowest BCUT2D eigenvalue weighted by Gasteiger charge is -2.10. The second-order valence-electron chi connectivity index (χ2n) is 4.08. The minimum atomic E-state index is 0.408. The van der Waals surface area contributed by atoms with Gasteiger partial charge in [-0.2, -0.15) is 5.26 Å². The predicted molar refractivity (Wildman–Crippen MR) is 60.9 cm³/mol. The van der Waals surface area contributed by atoms with Crippen molar-refractivity contribution in [3.05, 3.63) is 29.3 Å². The molecule has 0 aliphatic heterocycles. The first-order valence-electron chi connectivity index (χ1n) is 5.20. The van der Waals surface area contributed by atoms with Gasteiger partial charge in [-0.3, -0.25) is 0 Å². The second kappa shape index (κ2) is 5.41. The van der Waals surface area contributed by atoms with Crippen molar-refractivity contribution in [2.24, 2.45) is 5.92 Å². The van der Waals surface area contributed by atoms with Crippen LogP contribution in [0.4, 0.5) is 0 Å². The average Bonchev–Trinajstić information content (AvgIpc) is 2.20. The zero-order valence-electron chi connectivity index (χ0n) is 9.58. The van der Waals surface area contributed by atoms with Gasteiger partial charge in [-0.25, -0.2) is 0 Å². The number of rotatable bonds is 4. The van der Waals surface area contributed by atoms with E-state index in [2.05, 4.69) is 26.0 Å². The zero-order valence-corrected chi connectivity index (χ0v) is 9.58. The molecule has 0 aromatic heterocycles. The first-order valence-corrected chi connectivity index (χ1v) is 5.20. The van der Waals surface area contributed by atoms with Gasteiger partial charge >= 0.3 is 0 Å². The summed E-state index contributed by atoms with van der Waals surface area (Å²) in [5.41, 5.74) is 2.23. The number of hydrogen-bond donors (Lipinski definition) is 0. The molecule has 0 bridgehead atoms. The maximum Gasteiger partial charge on any atom is 0.123 e. The van der Waals surface area contributed by atoms with E-state index in [1.54, 1.807) is 7.11 Å². The van der Waals surface area contributed by atoms with Gasteiger partial charge < -0.3 is 4.74 Å². The molecule has 0 spiro atoms. The van der Waals surface area contributed by atoms with Crippen molar-refractivity contribution in [1.82, 2.24) is 0 Å². The number of ether oxygens (including phenoxy) is 1. The van der Waals surface area contributed by atoms with Gasteiger partial charge in [0, 0.05) is 5.56 Å².